The van der Waals surface area contributed by atoms with E-state index in [2.05, 4.69) is 10.2 Å². The maximum absolute atomic E-state index is 11.1. The molecule has 0 amide bonds. The van der Waals surface area contributed by atoms with E-state index >= 15 is 0 Å². The minimum atomic E-state index is -1.04. The molecule has 2 heterocycles. The van der Waals surface area contributed by atoms with Gasteiger partial charge in [0.05, 0.1) is 10.6 Å². The standard InChI is InChI=1S/C14H10ClN3O2/c1-8-2-4-9(5-3-8)12-16-17-13-11(15)6-10(14(19)20)7-18(12)13/h2-7H,1H3,(H,19,20). The Morgan fingerprint density at radius 2 is 1.95 bits per heavy atom. The van der Waals surface area contributed by atoms with E-state index in [1.165, 1.54) is 12.3 Å². The minimum absolute atomic E-state index is 0.0932. The van der Waals surface area contributed by atoms with Crippen molar-refractivity contribution in [2.24, 2.45) is 0 Å². The third-order valence-corrected chi connectivity index (χ3v) is 3.29. The first-order valence-electron chi connectivity index (χ1n) is 5.91. The van der Waals surface area contributed by atoms with Crippen LogP contribution < -0.4 is 0 Å². The number of aromatic nitrogens is 3. The molecule has 3 aromatic rings. The van der Waals surface area contributed by atoms with E-state index in [-0.39, 0.29) is 10.6 Å². The molecule has 0 aliphatic heterocycles. The predicted molar refractivity (Wildman–Crippen MR) is 75.1 cm³/mol. The highest BCUT2D eigenvalue weighted by molar-refractivity contribution is 6.33. The smallest absolute Gasteiger partial charge is 0.337 e. The largest absolute Gasteiger partial charge is 0.478 e. The zero-order valence-corrected chi connectivity index (χ0v) is 11.3. The SMILES string of the molecule is Cc1ccc(-c2nnc3c(Cl)cc(C(=O)O)cn23)cc1. The number of fused-ring (bicyclic) bond motifs is 1. The van der Waals surface area contributed by atoms with Crippen molar-refractivity contribution in [3.63, 3.8) is 0 Å². The Morgan fingerprint density at radius 1 is 1.25 bits per heavy atom. The maximum atomic E-state index is 11.1. The molecule has 0 aliphatic rings. The third kappa shape index (κ3) is 2.02. The molecule has 0 saturated heterocycles. The van der Waals surface area contributed by atoms with Crippen LogP contribution in [0.15, 0.2) is 36.5 Å². The molecule has 0 radical (unpaired) electrons. The summed E-state index contributed by atoms with van der Waals surface area (Å²) in [4.78, 5) is 11.1. The molecule has 1 aromatic carbocycles. The predicted octanol–water partition coefficient (Wildman–Crippen LogP) is 3.06. The molecule has 100 valence electrons. The van der Waals surface area contributed by atoms with Gasteiger partial charge in [-0.2, -0.15) is 0 Å². The van der Waals surface area contributed by atoms with Gasteiger partial charge in [0, 0.05) is 11.8 Å². The summed E-state index contributed by atoms with van der Waals surface area (Å²) in [5.74, 6) is -0.484. The molecular weight excluding hydrogens is 278 g/mol. The van der Waals surface area contributed by atoms with Crippen molar-refractivity contribution in [1.29, 1.82) is 0 Å². The Bertz CT molecular complexity index is 809. The van der Waals surface area contributed by atoms with Crippen LogP contribution in [-0.4, -0.2) is 25.7 Å². The fourth-order valence-corrected chi connectivity index (χ4v) is 2.22. The van der Waals surface area contributed by atoms with Crippen molar-refractivity contribution in [3.8, 4) is 11.4 Å². The van der Waals surface area contributed by atoms with Crippen LogP contribution in [0.2, 0.25) is 5.02 Å². The number of hydrogen-bond acceptors (Lipinski definition) is 3. The first kappa shape index (κ1) is 12.6. The highest BCUT2D eigenvalue weighted by Crippen LogP contribution is 2.24. The lowest BCUT2D eigenvalue weighted by atomic mass is 10.1. The Labute approximate surface area is 119 Å². The molecular formula is C14H10ClN3O2. The van der Waals surface area contributed by atoms with Gasteiger partial charge in [-0.15, -0.1) is 10.2 Å². The van der Waals surface area contributed by atoms with Gasteiger partial charge in [0.2, 0.25) is 0 Å². The van der Waals surface area contributed by atoms with Gasteiger partial charge in [-0.3, -0.25) is 4.40 Å². The number of halogens is 1. The first-order chi connectivity index (χ1) is 9.56. The van der Waals surface area contributed by atoms with E-state index in [4.69, 9.17) is 16.7 Å². The quantitative estimate of drug-likeness (QED) is 0.786. The fourth-order valence-electron chi connectivity index (χ4n) is 1.97. The summed E-state index contributed by atoms with van der Waals surface area (Å²) >= 11 is 6.05. The van der Waals surface area contributed by atoms with Crippen molar-refractivity contribution in [1.82, 2.24) is 14.6 Å². The summed E-state index contributed by atoms with van der Waals surface area (Å²) in [6, 6.07) is 9.10. The van der Waals surface area contributed by atoms with Crippen molar-refractivity contribution < 1.29 is 9.90 Å². The van der Waals surface area contributed by atoms with Crippen LogP contribution in [0.5, 0.6) is 0 Å². The molecule has 2 aromatic heterocycles. The molecule has 0 saturated carbocycles. The van der Waals surface area contributed by atoms with Crippen LogP contribution in [0, 0.1) is 6.92 Å². The average molecular weight is 288 g/mol. The summed E-state index contributed by atoms with van der Waals surface area (Å²) < 4.78 is 1.59. The molecule has 0 unspecified atom stereocenters. The van der Waals surface area contributed by atoms with E-state index in [1.807, 2.05) is 31.2 Å². The number of rotatable bonds is 2. The van der Waals surface area contributed by atoms with Gasteiger partial charge >= 0.3 is 5.97 Å². The maximum Gasteiger partial charge on any atom is 0.337 e. The summed E-state index contributed by atoms with van der Waals surface area (Å²) in [7, 11) is 0. The van der Waals surface area contributed by atoms with Crippen molar-refractivity contribution in [3.05, 3.63) is 52.7 Å². The number of nitrogens with zero attached hydrogens (tertiary/aromatic N) is 3. The lowest BCUT2D eigenvalue weighted by molar-refractivity contribution is 0.0696. The summed E-state index contributed by atoms with van der Waals surface area (Å²) in [5.41, 5.74) is 2.51. The van der Waals surface area contributed by atoms with Crippen LogP contribution in [0.25, 0.3) is 17.0 Å². The zero-order chi connectivity index (χ0) is 14.3. The van der Waals surface area contributed by atoms with Crippen LogP contribution in [-0.2, 0) is 0 Å². The molecule has 3 rings (SSSR count). The average Bonchev–Trinajstić information content (AvgIpc) is 2.84. The Kier molecular flexibility index (Phi) is 2.91. The number of aryl methyl sites for hydroxylation is 1. The number of carboxylic acids is 1. The lowest BCUT2D eigenvalue weighted by Gasteiger charge is -2.03. The minimum Gasteiger partial charge on any atom is -0.478 e. The van der Waals surface area contributed by atoms with Crippen LogP contribution in [0.1, 0.15) is 15.9 Å². The highest BCUT2D eigenvalue weighted by Gasteiger charge is 2.14. The van der Waals surface area contributed by atoms with Gasteiger partial charge in [-0.1, -0.05) is 41.4 Å². The van der Waals surface area contributed by atoms with Gasteiger partial charge < -0.3 is 5.11 Å². The molecule has 5 nitrogen and oxygen atoms in total. The van der Waals surface area contributed by atoms with Gasteiger partial charge in [0.1, 0.15) is 0 Å². The Hall–Kier alpha value is -2.40. The number of carbonyl (C=O) groups is 1. The van der Waals surface area contributed by atoms with Crippen LogP contribution >= 0.6 is 11.6 Å². The number of pyridine rings is 1. The molecule has 0 fully saturated rings. The molecule has 0 atom stereocenters. The van der Waals surface area contributed by atoms with E-state index in [0.29, 0.717) is 11.5 Å². The molecule has 6 heteroatoms. The van der Waals surface area contributed by atoms with E-state index in [9.17, 15) is 4.79 Å². The van der Waals surface area contributed by atoms with Crippen molar-refractivity contribution >= 4 is 23.2 Å². The normalized spacial score (nSPS) is 10.9. The van der Waals surface area contributed by atoms with Crippen molar-refractivity contribution in [2.75, 3.05) is 0 Å². The second-order valence-electron chi connectivity index (χ2n) is 4.47. The Balaban J connectivity index is 2.26. The monoisotopic (exact) mass is 287 g/mol. The number of carboxylic acid groups (broad SMARTS) is 1. The third-order valence-electron chi connectivity index (χ3n) is 3.02. The molecule has 0 spiro atoms. The molecule has 0 bridgehead atoms. The Morgan fingerprint density at radius 3 is 2.60 bits per heavy atom. The fraction of sp³-hybridized carbons (Fsp3) is 0.0714. The zero-order valence-electron chi connectivity index (χ0n) is 10.5. The summed E-state index contributed by atoms with van der Waals surface area (Å²) in [5, 5.41) is 17.4. The second-order valence-corrected chi connectivity index (χ2v) is 4.87. The first-order valence-corrected chi connectivity index (χ1v) is 6.28. The van der Waals surface area contributed by atoms with E-state index < -0.39 is 5.97 Å². The summed E-state index contributed by atoms with van der Waals surface area (Å²) in [6.07, 6.45) is 1.47. The van der Waals surface area contributed by atoms with Gasteiger partial charge in [-0.25, -0.2) is 4.79 Å². The van der Waals surface area contributed by atoms with Crippen LogP contribution in [0.4, 0.5) is 0 Å². The number of hydrogen-bond donors (Lipinski definition) is 1. The van der Waals surface area contributed by atoms with E-state index in [1.54, 1.807) is 4.40 Å². The lowest BCUT2D eigenvalue weighted by Crippen LogP contribution is -2.00. The molecule has 0 aliphatic carbocycles. The number of benzene rings is 1. The van der Waals surface area contributed by atoms with Crippen LogP contribution in [0.3, 0.4) is 0 Å². The highest BCUT2D eigenvalue weighted by atomic mass is 35.5. The van der Waals surface area contributed by atoms with Gasteiger partial charge in [0.15, 0.2) is 11.5 Å². The van der Waals surface area contributed by atoms with Gasteiger partial charge in [-0.05, 0) is 13.0 Å². The van der Waals surface area contributed by atoms with Crippen molar-refractivity contribution in [2.45, 2.75) is 6.92 Å². The molecule has 20 heavy (non-hydrogen) atoms. The molecule has 1 N–H and O–H groups in total. The number of aromatic carboxylic acids is 1. The second kappa shape index (κ2) is 4.61. The topological polar surface area (TPSA) is 67.5 Å². The van der Waals surface area contributed by atoms with E-state index in [0.717, 1.165) is 11.1 Å². The summed E-state index contributed by atoms with van der Waals surface area (Å²) in [6.45, 7) is 1.99. The van der Waals surface area contributed by atoms with Gasteiger partial charge in [0.25, 0.3) is 0 Å².